The number of rotatable bonds is 2. The second kappa shape index (κ2) is 7.95. The van der Waals surface area contributed by atoms with Gasteiger partial charge in [0.2, 0.25) is 0 Å². The van der Waals surface area contributed by atoms with E-state index in [-0.39, 0.29) is 11.8 Å². The molecule has 148 valence electrons. The van der Waals surface area contributed by atoms with E-state index in [2.05, 4.69) is 15.0 Å². The number of hydrogen-bond acceptors (Lipinski definition) is 5. The Kier molecular flexibility index (Phi) is 5.20. The molecule has 1 aromatic carbocycles. The highest BCUT2D eigenvalue weighted by atomic mass is 16.2. The summed E-state index contributed by atoms with van der Waals surface area (Å²) in [6, 6.07) is 10.8. The number of pyridine rings is 1. The van der Waals surface area contributed by atoms with Gasteiger partial charge >= 0.3 is 0 Å². The summed E-state index contributed by atoms with van der Waals surface area (Å²) in [6.07, 6.45) is 2.35. The number of amides is 2. The molecule has 2 aromatic heterocycles. The summed E-state index contributed by atoms with van der Waals surface area (Å²) >= 11 is 0. The second-order valence-corrected chi connectivity index (χ2v) is 7.25. The van der Waals surface area contributed by atoms with E-state index >= 15 is 0 Å². The Labute approximate surface area is 169 Å². The highest BCUT2D eigenvalue weighted by Gasteiger charge is 2.24. The molecule has 0 saturated carbocycles. The number of benzene rings is 1. The van der Waals surface area contributed by atoms with Crippen LogP contribution in [0, 0.1) is 13.8 Å². The van der Waals surface area contributed by atoms with Gasteiger partial charge in [0.05, 0.1) is 22.4 Å². The molecule has 1 fully saturated rings. The van der Waals surface area contributed by atoms with Crippen LogP contribution >= 0.6 is 0 Å². The molecule has 1 aliphatic rings. The fraction of sp³-hybridized carbons (Fsp3) is 0.318. The molecule has 7 heteroatoms. The molecule has 0 N–H and O–H groups in total. The maximum Gasteiger partial charge on any atom is 0.272 e. The Morgan fingerprint density at radius 1 is 0.828 bits per heavy atom. The Morgan fingerprint density at radius 2 is 1.52 bits per heavy atom. The first-order chi connectivity index (χ1) is 14.0. The zero-order valence-electron chi connectivity index (χ0n) is 16.6. The van der Waals surface area contributed by atoms with Crippen molar-refractivity contribution in [3.63, 3.8) is 0 Å². The molecule has 0 aliphatic carbocycles. The molecule has 0 spiro atoms. The zero-order valence-corrected chi connectivity index (χ0v) is 16.6. The van der Waals surface area contributed by atoms with Crippen LogP contribution in [0.2, 0.25) is 0 Å². The largest absolute Gasteiger partial charge is 0.337 e. The van der Waals surface area contributed by atoms with Crippen molar-refractivity contribution >= 4 is 22.8 Å². The van der Waals surface area contributed by atoms with E-state index in [4.69, 9.17) is 0 Å². The molecule has 0 radical (unpaired) electrons. The molecule has 1 saturated heterocycles. The van der Waals surface area contributed by atoms with Crippen LogP contribution in [0.3, 0.4) is 0 Å². The van der Waals surface area contributed by atoms with Crippen LogP contribution in [0.25, 0.3) is 11.0 Å². The smallest absolute Gasteiger partial charge is 0.272 e. The number of carbonyl (C=O) groups is 2. The minimum atomic E-state index is -0.0910. The van der Waals surface area contributed by atoms with E-state index < -0.39 is 0 Å². The lowest BCUT2D eigenvalue weighted by atomic mass is 10.1. The van der Waals surface area contributed by atoms with Gasteiger partial charge in [0.25, 0.3) is 11.8 Å². The SMILES string of the molecule is Cc1nc2ccc(C(=O)N3CCCN(C(=O)c4ccccn4)CC3)cc2nc1C. The fourth-order valence-electron chi connectivity index (χ4n) is 3.52. The molecule has 29 heavy (non-hydrogen) atoms. The van der Waals surface area contributed by atoms with Crippen LogP contribution in [-0.2, 0) is 0 Å². The number of fused-ring (bicyclic) bond motifs is 1. The normalized spacial score (nSPS) is 14.7. The fourth-order valence-corrected chi connectivity index (χ4v) is 3.52. The molecule has 1 aliphatic heterocycles. The number of aryl methyl sites for hydroxylation is 2. The van der Waals surface area contributed by atoms with Gasteiger partial charge < -0.3 is 9.80 Å². The van der Waals surface area contributed by atoms with Gasteiger partial charge in [-0.2, -0.15) is 0 Å². The standard InChI is InChI=1S/C22H23N5O2/c1-15-16(2)25-20-14-17(7-8-18(20)24-15)21(28)26-10-5-11-27(13-12-26)22(29)19-6-3-4-9-23-19/h3-4,6-9,14H,5,10-13H2,1-2H3. The van der Waals surface area contributed by atoms with Crippen molar-refractivity contribution in [2.24, 2.45) is 0 Å². The van der Waals surface area contributed by atoms with Crippen LogP contribution in [0.15, 0.2) is 42.6 Å². The van der Waals surface area contributed by atoms with Gasteiger partial charge in [-0.25, -0.2) is 9.97 Å². The monoisotopic (exact) mass is 389 g/mol. The van der Waals surface area contributed by atoms with Gasteiger partial charge in [0.15, 0.2) is 0 Å². The molecule has 7 nitrogen and oxygen atoms in total. The first-order valence-corrected chi connectivity index (χ1v) is 9.77. The van der Waals surface area contributed by atoms with E-state index in [0.29, 0.717) is 37.4 Å². The van der Waals surface area contributed by atoms with Gasteiger partial charge in [-0.05, 0) is 50.6 Å². The molecule has 0 unspecified atom stereocenters. The molecular formula is C22H23N5O2. The van der Waals surface area contributed by atoms with Crippen molar-refractivity contribution in [3.05, 3.63) is 65.2 Å². The molecule has 3 aromatic rings. The van der Waals surface area contributed by atoms with Crippen LogP contribution in [0.1, 0.15) is 38.7 Å². The highest BCUT2D eigenvalue weighted by molar-refractivity contribution is 5.97. The third-order valence-corrected chi connectivity index (χ3v) is 5.28. The van der Waals surface area contributed by atoms with Gasteiger partial charge in [0.1, 0.15) is 5.69 Å². The van der Waals surface area contributed by atoms with E-state index in [9.17, 15) is 9.59 Å². The summed E-state index contributed by atoms with van der Waals surface area (Å²) in [5.41, 5.74) is 4.29. The number of hydrogen-bond donors (Lipinski definition) is 0. The van der Waals surface area contributed by atoms with E-state index in [1.165, 1.54) is 0 Å². The predicted molar refractivity (Wildman–Crippen MR) is 110 cm³/mol. The van der Waals surface area contributed by atoms with Gasteiger partial charge in [-0.1, -0.05) is 6.07 Å². The van der Waals surface area contributed by atoms with E-state index in [1.807, 2.05) is 19.9 Å². The predicted octanol–water partition coefficient (Wildman–Crippen LogP) is 2.63. The van der Waals surface area contributed by atoms with Crippen LogP contribution in [0.4, 0.5) is 0 Å². The van der Waals surface area contributed by atoms with Crippen LogP contribution in [0.5, 0.6) is 0 Å². The van der Waals surface area contributed by atoms with Crippen LogP contribution in [-0.4, -0.2) is 62.7 Å². The van der Waals surface area contributed by atoms with E-state index in [0.717, 1.165) is 28.8 Å². The summed E-state index contributed by atoms with van der Waals surface area (Å²) in [5.74, 6) is -0.134. The van der Waals surface area contributed by atoms with Crippen molar-refractivity contribution < 1.29 is 9.59 Å². The summed E-state index contributed by atoms with van der Waals surface area (Å²) in [7, 11) is 0. The second-order valence-electron chi connectivity index (χ2n) is 7.25. The minimum absolute atomic E-state index is 0.0425. The molecule has 0 atom stereocenters. The highest BCUT2D eigenvalue weighted by Crippen LogP contribution is 2.17. The summed E-state index contributed by atoms with van der Waals surface area (Å²) in [6.45, 7) is 6.05. The topological polar surface area (TPSA) is 79.3 Å². The average Bonchev–Trinajstić information content (AvgIpc) is 3.00. The van der Waals surface area contributed by atoms with Gasteiger partial charge in [-0.15, -0.1) is 0 Å². The minimum Gasteiger partial charge on any atom is -0.337 e. The Morgan fingerprint density at radius 3 is 2.21 bits per heavy atom. The number of carbonyl (C=O) groups excluding carboxylic acids is 2. The van der Waals surface area contributed by atoms with Gasteiger partial charge in [-0.3, -0.25) is 14.6 Å². The maximum absolute atomic E-state index is 13.1. The third-order valence-electron chi connectivity index (χ3n) is 5.28. The van der Waals surface area contributed by atoms with E-state index in [1.54, 1.807) is 46.3 Å². The molecule has 0 bridgehead atoms. The summed E-state index contributed by atoms with van der Waals surface area (Å²) in [5, 5.41) is 0. The Balaban J connectivity index is 1.49. The third kappa shape index (κ3) is 3.94. The Bertz CT molecular complexity index is 1070. The van der Waals surface area contributed by atoms with Crippen molar-refractivity contribution in [1.29, 1.82) is 0 Å². The lowest BCUT2D eigenvalue weighted by Crippen LogP contribution is -2.37. The van der Waals surface area contributed by atoms with Crippen molar-refractivity contribution in [3.8, 4) is 0 Å². The van der Waals surface area contributed by atoms with Crippen molar-refractivity contribution in [1.82, 2.24) is 24.8 Å². The van der Waals surface area contributed by atoms with Crippen molar-refractivity contribution in [2.45, 2.75) is 20.3 Å². The average molecular weight is 389 g/mol. The molecular weight excluding hydrogens is 366 g/mol. The van der Waals surface area contributed by atoms with Gasteiger partial charge in [0, 0.05) is 37.9 Å². The molecule has 2 amide bonds. The lowest BCUT2D eigenvalue weighted by Gasteiger charge is -2.22. The zero-order chi connectivity index (χ0) is 20.4. The Hall–Kier alpha value is -3.35. The molecule has 3 heterocycles. The summed E-state index contributed by atoms with van der Waals surface area (Å²) in [4.78, 5) is 42.5. The first-order valence-electron chi connectivity index (χ1n) is 9.77. The summed E-state index contributed by atoms with van der Waals surface area (Å²) < 4.78 is 0. The number of aromatic nitrogens is 3. The maximum atomic E-state index is 13.1. The van der Waals surface area contributed by atoms with Crippen LogP contribution < -0.4 is 0 Å². The molecule has 4 rings (SSSR count). The van der Waals surface area contributed by atoms with Crippen molar-refractivity contribution in [2.75, 3.05) is 26.2 Å². The lowest BCUT2D eigenvalue weighted by molar-refractivity contribution is 0.0716. The first kappa shape index (κ1) is 19.0. The quantitative estimate of drug-likeness (QED) is 0.673. The number of nitrogens with zero attached hydrogens (tertiary/aromatic N) is 5.